The molecule has 1 aromatic heterocycles. The SMILES string of the molecule is Fc1cc2sccc2c(Cl)c1CBr. The van der Waals surface area contributed by atoms with Gasteiger partial charge in [0.2, 0.25) is 0 Å². The molecule has 0 radical (unpaired) electrons. The molecule has 0 fully saturated rings. The van der Waals surface area contributed by atoms with Crippen LogP contribution in [0.2, 0.25) is 5.02 Å². The van der Waals surface area contributed by atoms with E-state index in [1.807, 2.05) is 11.4 Å². The molecule has 68 valence electrons. The third-order valence-electron chi connectivity index (χ3n) is 1.88. The highest BCUT2D eigenvalue weighted by Gasteiger charge is 2.11. The number of alkyl halides is 1. The third kappa shape index (κ3) is 1.49. The average Bonchev–Trinajstić information content (AvgIpc) is 2.53. The van der Waals surface area contributed by atoms with Crippen LogP contribution in [0.15, 0.2) is 17.5 Å². The van der Waals surface area contributed by atoms with Crippen molar-refractivity contribution in [2.75, 3.05) is 0 Å². The van der Waals surface area contributed by atoms with Crippen LogP contribution in [-0.2, 0) is 5.33 Å². The second-order valence-electron chi connectivity index (χ2n) is 2.62. The van der Waals surface area contributed by atoms with E-state index in [4.69, 9.17) is 11.6 Å². The molecule has 4 heteroatoms. The van der Waals surface area contributed by atoms with E-state index in [-0.39, 0.29) is 5.82 Å². The van der Waals surface area contributed by atoms with Crippen molar-refractivity contribution in [3.8, 4) is 0 Å². The normalized spacial score (nSPS) is 11.0. The quantitative estimate of drug-likeness (QED) is 0.670. The minimum absolute atomic E-state index is 0.239. The van der Waals surface area contributed by atoms with Crippen LogP contribution in [0, 0.1) is 5.82 Å². The summed E-state index contributed by atoms with van der Waals surface area (Å²) in [5.41, 5.74) is 0.535. The summed E-state index contributed by atoms with van der Waals surface area (Å²) in [6.45, 7) is 0. The molecule has 13 heavy (non-hydrogen) atoms. The van der Waals surface area contributed by atoms with Gasteiger partial charge in [-0.3, -0.25) is 0 Å². The van der Waals surface area contributed by atoms with Crippen molar-refractivity contribution in [1.29, 1.82) is 0 Å². The van der Waals surface area contributed by atoms with Gasteiger partial charge in [0.05, 0.1) is 5.02 Å². The molecule has 0 aliphatic rings. The molecule has 0 amide bonds. The first-order valence-electron chi connectivity index (χ1n) is 3.64. The van der Waals surface area contributed by atoms with Crippen LogP contribution in [0.4, 0.5) is 4.39 Å². The average molecular weight is 280 g/mol. The summed E-state index contributed by atoms with van der Waals surface area (Å²) in [7, 11) is 0. The fraction of sp³-hybridized carbons (Fsp3) is 0.111. The molecule has 1 heterocycles. The summed E-state index contributed by atoms with van der Waals surface area (Å²) in [5.74, 6) is -0.239. The van der Waals surface area contributed by atoms with E-state index in [1.54, 1.807) is 0 Å². The Morgan fingerprint density at radius 2 is 2.31 bits per heavy atom. The lowest BCUT2D eigenvalue weighted by molar-refractivity contribution is 0.620. The first-order chi connectivity index (χ1) is 6.24. The maximum atomic E-state index is 13.4. The first kappa shape index (κ1) is 9.44. The summed E-state index contributed by atoms with van der Waals surface area (Å²) < 4.78 is 14.2. The van der Waals surface area contributed by atoms with Crippen LogP contribution in [0.25, 0.3) is 10.1 Å². The smallest absolute Gasteiger partial charge is 0.130 e. The zero-order valence-electron chi connectivity index (χ0n) is 6.48. The number of benzene rings is 1. The van der Waals surface area contributed by atoms with E-state index >= 15 is 0 Å². The number of thiophene rings is 1. The molecule has 0 saturated carbocycles. The van der Waals surface area contributed by atoms with Crippen LogP contribution in [-0.4, -0.2) is 0 Å². The largest absolute Gasteiger partial charge is 0.207 e. The highest BCUT2D eigenvalue weighted by atomic mass is 79.9. The Labute approximate surface area is 92.5 Å². The minimum Gasteiger partial charge on any atom is -0.207 e. The Balaban J connectivity index is 2.85. The van der Waals surface area contributed by atoms with Gasteiger partial charge < -0.3 is 0 Å². The van der Waals surface area contributed by atoms with Crippen LogP contribution in [0.5, 0.6) is 0 Å². The van der Waals surface area contributed by atoms with Gasteiger partial charge in [0, 0.05) is 21.0 Å². The highest BCUT2D eigenvalue weighted by Crippen LogP contribution is 2.33. The van der Waals surface area contributed by atoms with E-state index in [0.717, 1.165) is 10.1 Å². The van der Waals surface area contributed by atoms with Crippen LogP contribution in [0.1, 0.15) is 5.56 Å². The molecule has 0 aliphatic heterocycles. The van der Waals surface area contributed by atoms with Crippen molar-refractivity contribution < 1.29 is 4.39 Å². The van der Waals surface area contributed by atoms with Crippen molar-refractivity contribution >= 4 is 49.0 Å². The molecule has 0 nitrogen and oxygen atoms in total. The Morgan fingerprint density at radius 1 is 1.54 bits per heavy atom. The van der Waals surface area contributed by atoms with Gasteiger partial charge in [0.15, 0.2) is 0 Å². The number of halogens is 3. The molecule has 2 rings (SSSR count). The van der Waals surface area contributed by atoms with E-state index in [0.29, 0.717) is 15.9 Å². The summed E-state index contributed by atoms with van der Waals surface area (Å²) >= 11 is 10.7. The summed E-state index contributed by atoms with van der Waals surface area (Å²) in [6.07, 6.45) is 0. The Hall–Kier alpha value is -0.120. The molecule has 0 N–H and O–H groups in total. The highest BCUT2D eigenvalue weighted by molar-refractivity contribution is 9.08. The molecule has 0 aliphatic carbocycles. The predicted molar refractivity (Wildman–Crippen MR) is 59.4 cm³/mol. The summed E-state index contributed by atoms with van der Waals surface area (Å²) in [6, 6.07) is 3.44. The first-order valence-corrected chi connectivity index (χ1v) is 6.02. The van der Waals surface area contributed by atoms with Crippen LogP contribution >= 0.6 is 38.9 Å². The van der Waals surface area contributed by atoms with Gasteiger partial charge in [-0.15, -0.1) is 11.3 Å². The maximum absolute atomic E-state index is 13.4. The Kier molecular flexibility index (Phi) is 2.58. The van der Waals surface area contributed by atoms with Gasteiger partial charge in [0.25, 0.3) is 0 Å². The monoisotopic (exact) mass is 278 g/mol. The summed E-state index contributed by atoms with van der Waals surface area (Å²) in [5, 5.41) is 3.81. The minimum atomic E-state index is -0.239. The second-order valence-corrected chi connectivity index (χ2v) is 4.50. The zero-order valence-corrected chi connectivity index (χ0v) is 9.64. The lowest BCUT2D eigenvalue weighted by atomic mass is 10.2. The van der Waals surface area contributed by atoms with Crippen LogP contribution in [0.3, 0.4) is 0 Å². The Bertz CT molecular complexity index is 452. The van der Waals surface area contributed by atoms with Gasteiger partial charge in [-0.05, 0) is 17.5 Å². The fourth-order valence-corrected chi connectivity index (χ4v) is 3.11. The lowest BCUT2D eigenvalue weighted by Gasteiger charge is -2.02. The van der Waals surface area contributed by atoms with Crippen molar-refractivity contribution in [2.45, 2.75) is 5.33 Å². The molecule has 0 saturated heterocycles. The van der Waals surface area contributed by atoms with E-state index in [1.165, 1.54) is 17.4 Å². The van der Waals surface area contributed by atoms with Gasteiger partial charge >= 0.3 is 0 Å². The molecule has 0 spiro atoms. The Morgan fingerprint density at radius 3 is 3.00 bits per heavy atom. The number of rotatable bonds is 1. The molecule has 0 atom stereocenters. The molecule has 2 aromatic rings. The molecule has 0 bridgehead atoms. The third-order valence-corrected chi connectivity index (χ3v) is 3.73. The van der Waals surface area contributed by atoms with Crippen molar-refractivity contribution in [3.63, 3.8) is 0 Å². The van der Waals surface area contributed by atoms with Gasteiger partial charge in [-0.2, -0.15) is 0 Å². The van der Waals surface area contributed by atoms with E-state index in [9.17, 15) is 4.39 Å². The molecular weight excluding hydrogens is 275 g/mol. The number of hydrogen-bond donors (Lipinski definition) is 0. The van der Waals surface area contributed by atoms with E-state index < -0.39 is 0 Å². The second kappa shape index (κ2) is 3.56. The fourth-order valence-electron chi connectivity index (χ4n) is 1.21. The number of fused-ring (bicyclic) bond motifs is 1. The van der Waals surface area contributed by atoms with E-state index in [2.05, 4.69) is 15.9 Å². The van der Waals surface area contributed by atoms with Crippen LogP contribution < -0.4 is 0 Å². The van der Waals surface area contributed by atoms with Gasteiger partial charge in [0.1, 0.15) is 5.82 Å². The summed E-state index contributed by atoms with van der Waals surface area (Å²) in [4.78, 5) is 0. The maximum Gasteiger partial charge on any atom is 0.130 e. The molecular formula is C9H5BrClFS. The van der Waals surface area contributed by atoms with Crippen molar-refractivity contribution in [3.05, 3.63) is 33.9 Å². The topological polar surface area (TPSA) is 0 Å². The van der Waals surface area contributed by atoms with Gasteiger partial charge in [-0.1, -0.05) is 27.5 Å². The molecule has 0 unspecified atom stereocenters. The number of hydrogen-bond acceptors (Lipinski definition) is 1. The van der Waals surface area contributed by atoms with Crippen molar-refractivity contribution in [1.82, 2.24) is 0 Å². The predicted octanol–water partition coefficient (Wildman–Crippen LogP) is 4.59. The van der Waals surface area contributed by atoms with Gasteiger partial charge in [-0.25, -0.2) is 4.39 Å². The zero-order chi connectivity index (χ0) is 9.42. The standard InChI is InChI=1S/C9H5BrClFS/c10-4-6-7(12)3-8-5(9(6)11)1-2-13-8/h1-3H,4H2. The molecule has 1 aromatic carbocycles. The van der Waals surface area contributed by atoms with Crippen molar-refractivity contribution in [2.24, 2.45) is 0 Å². The lowest BCUT2D eigenvalue weighted by Crippen LogP contribution is -1.87.